The molecule has 0 atom stereocenters. The minimum Gasteiger partial charge on any atom is -0.232 e. The van der Waals surface area contributed by atoms with Gasteiger partial charge in [0.2, 0.25) is 0 Å². The lowest BCUT2D eigenvalue weighted by molar-refractivity contribution is 1.01. The highest BCUT2D eigenvalue weighted by molar-refractivity contribution is 6.21. The fraction of sp³-hybridized carbons (Fsp3) is 0.100. The number of aromatic nitrogens is 2. The molecule has 0 bridgehead atoms. The van der Waals surface area contributed by atoms with Crippen LogP contribution in [0.15, 0.2) is 91.1 Å². The summed E-state index contributed by atoms with van der Waals surface area (Å²) in [7, 11) is 0. The zero-order valence-corrected chi connectivity index (χ0v) is 18.6. The maximum Gasteiger partial charge on any atom is 0.0753 e. The molecule has 0 aliphatic heterocycles. The largest absolute Gasteiger partial charge is 0.232 e. The Hall–Kier alpha value is -3.91. The lowest BCUT2D eigenvalue weighted by atomic mass is 9.88. The molecular weight excluding hydrogens is 388 g/mol. The van der Waals surface area contributed by atoms with Crippen molar-refractivity contribution in [2.24, 2.45) is 0 Å². The van der Waals surface area contributed by atoms with Crippen LogP contribution in [0.3, 0.4) is 0 Å². The first-order valence-electron chi connectivity index (χ1n) is 11.1. The minimum absolute atomic E-state index is 1.14. The number of hydrogen-bond acceptors (Lipinski definition) is 1. The van der Waals surface area contributed by atoms with E-state index in [2.05, 4.69) is 110 Å². The van der Waals surface area contributed by atoms with E-state index < -0.39 is 0 Å². The second-order valence-electron chi connectivity index (χ2n) is 8.70. The summed E-state index contributed by atoms with van der Waals surface area (Å²) in [6.45, 7) is 6.60. The van der Waals surface area contributed by atoms with Gasteiger partial charge in [-0.15, -0.1) is 0 Å². The quantitative estimate of drug-likeness (QED) is 0.264. The van der Waals surface area contributed by atoms with Gasteiger partial charge in [-0.2, -0.15) is 5.10 Å². The number of pyridine rings is 1. The van der Waals surface area contributed by atoms with E-state index in [1.54, 1.807) is 0 Å². The van der Waals surface area contributed by atoms with Crippen LogP contribution < -0.4 is 0 Å². The Labute approximate surface area is 187 Å². The summed E-state index contributed by atoms with van der Waals surface area (Å²) in [5.41, 5.74) is 11.2. The molecule has 0 aliphatic rings. The Balaban J connectivity index is 1.89. The zero-order valence-electron chi connectivity index (χ0n) is 18.6. The number of aryl methyl sites for hydroxylation is 3. The van der Waals surface area contributed by atoms with Crippen molar-refractivity contribution in [3.05, 3.63) is 108 Å². The molecular formula is C30H24N2. The highest BCUT2D eigenvalue weighted by Gasteiger charge is 2.18. The number of rotatable bonds is 2. The standard InChI is InChI=1S/C30H24N2/c1-19-17-24(22-11-5-4-6-12-22)30-25(18-19)29-23(28-20(2)9-7-10-21(28)3)13-8-14-26(29)32-27(30)15-16-31-32/h4-18H,1-3H3. The molecule has 2 aromatic heterocycles. The van der Waals surface area contributed by atoms with Crippen molar-refractivity contribution in [1.82, 2.24) is 9.61 Å². The zero-order chi connectivity index (χ0) is 21.8. The third-order valence-corrected chi connectivity index (χ3v) is 6.56. The Morgan fingerprint density at radius 2 is 1.31 bits per heavy atom. The molecule has 0 fully saturated rings. The molecule has 0 saturated carbocycles. The molecule has 0 aliphatic carbocycles. The van der Waals surface area contributed by atoms with Crippen LogP contribution >= 0.6 is 0 Å². The van der Waals surface area contributed by atoms with Crippen LogP contribution in [0.2, 0.25) is 0 Å². The molecule has 6 aromatic rings. The summed E-state index contributed by atoms with van der Waals surface area (Å²) in [6, 6.07) is 30.6. The fourth-order valence-electron chi connectivity index (χ4n) is 5.24. The third-order valence-electron chi connectivity index (χ3n) is 6.56. The van der Waals surface area contributed by atoms with E-state index >= 15 is 0 Å². The molecule has 0 amide bonds. The number of fused-ring (bicyclic) bond motifs is 6. The molecule has 6 rings (SSSR count). The summed E-state index contributed by atoms with van der Waals surface area (Å²) in [4.78, 5) is 0. The molecule has 0 saturated heterocycles. The Morgan fingerprint density at radius 3 is 2.09 bits per heavy atom. The highest BCUT2D eigenvalue weighted by Crippen LogP contribution is 2.42. The smallest absolute Gasteiger partial charge is 0.0753 e. The van der Waals surface area contributed by atoms with Gasteiger partial charge in [-0.1, -0.05) is 72.8 Å². The molecule has 2 heteroatoms. The SMILES string of the molecule is Cc1cc(-c2ccccc2)c2c(c1)c1c(-c3c(C)cccc3C)cccc1n1nccc21. The van der Waals surface area contributed by atoms with E-state index in [0.29, 0.717) is 0 Å². The van der Waals surface area contributed by atoms with E-state index in [1.165, 1.54) is 55.1 Å². The van der Waals surface area contributed by atoms with Gasteiger partial charge in [-0.25, -0.2) is 4.52 Å². The monoisotopic (exact) mass is 412 g/mol. The van der Waals surface area contributed by atoms with Crippen LogP contribution in [-0.4, -0.2) is 9.61 Å². The molecule has 4 aromatic carbocycles. The molecule has 0 N–H and O–H groups in total. The van der Waals surface area contributed by atoms with E-state index in [1.807, 2.05) is 6.20 Å². The second-order valence-corrected chi connectivity index (χ2v) is 8.70. The lowest BCUT2D eigenvalue weighted by Crippen LogP contribution is -1.97. The maximum absolute atomic E-state index is 4.75. The minimum atomic E-state index is 1.14. The molecule has 0 unspecified atom stereocenters. The van der Waals surface area contributed by atoms with Crippen LogP contribution in [0, 0.1) is 20.8 Å². The van der Waals surface area contributed by atoms with Crippen molar-refractivity contribution in [3.8, 4) is 22.3 Å². The molecule has 32 heavy (non-hydrogen) atoms. The van der Waals surface area contributed by atoms with Gasteiger partial charge in [0.25, 0.3) is 0 Å². The second kappa shape index (κ2) is 7.06. The van der Waals surface area contributed by atoms with Gasteiger partial charge in [0.15, 0.2) is 0 Å². The van der Waals surface area contributed by atoms with E-state index in [0.717, 1.165) is 11.0 Å². The summed E-state index contributed by atoms with van der Waals surface area (Å²) >= 11 is 0. The highest BCUT2D eigenvalue weighted by atomic mass is 15.2. The van der Waals surface area contributed by atoms with Crippen molar-refractivity contribution in [1.29, 1.82) is 0 Å². The first-order chi connectivity index (χ1) is 15.6. The molecule has 2 heterocycles. The van der Waals surface area contributed by atoms with Gasteiger partial charge < -0.3 is 0 Å². The summed E-state index contributed by atoms with van der Waals surface area (Å²) in [6.07, 6.45) is 1.91. The van der Waals surface area contributed by atoms with Crippen LogP contribution in [0.5, 0.6) is 0 Å². The predicted octanol–water partition coefficient (Wildman–Crippen LogP) is 7.90. The molecule has 2 nitrogen and oxygen atoms in total. The van der Waals surface area contributed by atoms with Crippen LogP contribution in [-0.2, 0) is 0 Å². The first kappa shape index (κ1) is 18.8. The van der Waals surface area contributed by atoms with Gasteiger partial charge in [0.05, 0.1) is 17.2 Å². The van der Waals surface area contributed by atoms with Gasteiger partial charge in [0, 0.05) is 10.8 Å². The van der Waals surface area contributed by atoms with Crippen molar-refractivity contribution >= 4 is 27.2 Å². The van der Waals surface area contributed by atoms with Gasteiger partial charge in [-0.3, -0.25) is 0 Å². The predicted molar refractivity (Wildman–Crippen MR) is 135 cm³/mol. The van der Waals surface area contributed by atoms with Crippen LogP contribution in [0.25, 0.3) is 49.4 Å². The summed E-state index contributed by atoms with van der Waals surface area (Å²) < 4.78 is 2.11. The number of nitrogens with zero attached hydrogens (tertiary/aromatic N) is 2. The van der Waals surface area contributed by atoms with Crippen molar-refractivity contribution in [2.45, 2.75) is 20.8 Å². The number of hydrogen-bond donors (Lipinski definition) is 0. The summed E-state index contributed by atoms with van der Waals surface area (Å²) in [5.74, 6) is 0. The Bertz CT molecular complexity index is 1620. The van der Waals surface area contributed by atoms with E-state index in [4.69, 9.17) is 5.10 Å². The van der Waals surface area contributed by atoms with E-state index in [-0.39, 0.29) is 0 Å². The number of benzene rings is 4. The normalized spacial score (nSPS) is 11.6. The van der Waals surface area contributed by atoms with Crippen molar-refractivity contribution < 1.29 is 0 Å². The van der Waals surface area contributed by atoms with Crippen LogP contribution in [0.1, 0.15) is 16.7 Å². The van der Waals surface area contributed by atoms with Crippen LogP contribution in [0.4, 0.5) is 0 Å². The summed E-state index contributed by atoms with van der Waals surface area (Å²) in [5, 5.41) is 8.55. The topological polar surface area (TPSA) is 17.3 Å². The fourth-order valence-corrected chi connectivity index (χ4v) is 5.24. The maximum atomic E-state index is 4.75. The lowest BCUT2D eigenvalue weighted by Gasteiger charge is -2.18. The average Bonchev–Trinajstić information content (AvgIpc) is 3.29. The van der Waals surface area contributed by atoms with Gasteiger partial charge >= 0.3 is 0 Å². The van der Waals surface area contributed by atoms with Crippen molar-refractivity contribution in [3.63, 3.8) is 0 Å². The Kier molecular flexibility index (Phi) is 4.16. The first-order valence-corrected chi connectivity index (χ1v) is 11.1. The average molecular weight is 413 g/mol. The Morgan fingerprint density at radius 1 is 0.625 bits per heavy atom. The molecule has 0 spiro atoms. The third kappa shape index (κ3) is 2.69. The van der Waals surface area contributed by atoms with Crippen molar-refractivity contribution in [2.75, 3.05) is 0 Å². The van der Waals surface area contributed by atoms with Gasteiger partial charge in [0.1, 0.15) is 0 Å². The van der Waals surface area contributed by atoms with E-state index in [9.17, 15) is 0 Å². The molecule has 0 radical (unpaired) electrons. The molecule has 154 valence electrons. The van der Waals surface area contributed by atoms with Gasteiger partial charge in [-0.05, 0) is 77.2 Å².